The van der Waals surface area contributed by atoms with Gasteiger partial charge in [0.25, 0.3) is 0 Å². The highest BCUT2D eigenvalue weighted by Crippen LogP contribution is 2.40. The summed E-state index contributed by atoms with van der Waals surface area (Å²) < 4.78 is 73.3. The molecule has 0 radical (unpaired) electrons. The number of methoxy groups -OCH3 is 1. The van der Waals surface area contributed by atoms with Crippen molar-refractivity contribution in [2.75, 3.05) is 26.9 Å². The average Bonchev–Trinajstić information content (AvgIpc) is 3.01. The fourth-order valence-corrected chi connectivity index (χ4v) is 5.30. The lowest BCUT2D eigenvalue weighted by Crippen LogP contribution is -2.41. The standard InChI is InChI=1S/C31H33ClF2N2O3.C2HF3O2/c1-31(37)12-10-23(11-13-31)36-19-25(20-6-4-3-5-7-20)22-16-24(29(32)26(33)17-22)28-21(18-35)8-9-27(30(28)34)39-15-14-38-2;3-2(4,5)1(6)7/h3-9,16-17,23,25,36-37H,10-15,19H2,1-2H3;(H,6,7). The van der Waals surface area contributed by atoms with Crippen molar-refractivity contribution in [2.45, 2.75) is 56.3 Å². The van der Waals surface area contributed by atoms with Crippen LogP contribution in [0.4, 0.5) is 22.0 Å². The normalized spacial score (nSPS) is 18.6. The molecule has 1 unspecified atom stereocenters. The average molecular weight is 669 g/mol. The van der Waals surface area contributed by atoms with Gasteiger partial charge in [0, 0.05) is 36.7 Å². The number of aliphatic carboxylic acids is 1. The van der Waals surface area contributed by atoms with Gasteiger partial charge in [0.15, 0.2) is 11.6 Å². The number of carboxylic acid groups (broad SMARTS) is 1. The van der Waals surface area contributed by atoms with Gasteiger partial charge in [-0.25, -0.2) is 13.6 Å². The third kappa shape index (κ3) is 9.87. The van der Waals surface area contributed by atoms with E-state index in [1.165, 1.54) is 25.3 Å². The minimum Gasteiger partial charge on any atom is -0.488 e. The molecule has 0 heterocycles. The van der Waals surface area contributed by atoms with E-state index in [4.69, 9.17) is 31.0 Å². The van der Waals surface area contributed by atoms with Crippen molar-refractivity contribution in [1.82, 2.24) is 5.32 Å². The minimum absolute atomic E-state index is 0.0219. The molecule has 7 nitrogen and oxygen atoms in total. The maximum Gasteiger partial charge on any atom is 0.490 e. The number of carboxylic acids is 1. The first-order chi connectivity index (χ1) is 21.7. The first-order valence-corrected chi connectivity index (χ1v) is 14.7. The second kappa shape index (κ2) is 16.2. The van der Waals surface area contributed by atoms with Crippen LogP contribution >= 0.6 is 11.6 Å². The SMILES string of the molecule is COCCOc1ccc(C#N)c(-c2cc(C(CNC3CCC(C)(O)CC3)c3ccccc3)cc(F)c2Cl)c1F.O=C(O)C(F)(F)F. The zero-order valence-corrected chi connectivity index (χ0v) is 25.9. The van der Waals surface area contributed by atoms with Crippen LogP contribution in [0.5, 0.6) is 5.75 Å². The first kappa shape index (κ1) is 36.7. The van der Waals surface area contributed by atoms with Crippen molar-refractivity contribution < 1.29 is 46.4 Å². The topological polar surface area (TPSA) is 112 Å². The lowest BCUT2D eigenvalue weighted by Gasteiger charge is -2.34. The lowest BCUT2D eigenvalue weighted by molar-refractivity contribution is -0.192. The monoisotopic (exact) mass is 668 g/mol. The highest BCUT2D eigenvalue weighted by Gasteiger charge is 2.38. The molecule has 13 heteroatoms. The van der Waals surface area contributed by atoms with Gasteiger partial charge in [-0.1, -0.05) is 41.9 Å². The van der Waals surface area contributed by atoms with Crippen LogP contribution < -0.4 is 10.1 Å². The van der Waals surface area contributed by atoms with Gasteiger partial charge in [-0.15, -0.1) is 0 Å². The van der Waals surface area contributed by atoms with Crippen molar-refractivity contribution in [3.05, 3.63) is 87.9 Å². The number of aliphatic hydroxyl groups is 1. The molecule has 1 aliphatic carbocycles. The van der Waals surface area contributed by atoms with Gasteiger partial charge in [-0.2, -0.15) is 18.4 Å². The van der Waals surface area contributed by atoms with Crippen molar-refractivity contribution in [2.24, 2.45) is 0 Å². The number of rotatable bonds is 10. The van der Waals surface area contributed by atoms with Crippen molar-refractivity contribution in [1.29, 1.82) is 5.26 Å². The Bertz CT molecular complexity index is 1520. The molecule has 0 aromatic heterocycles. The summed E-state index contributed by atoms with van der Waals surface area (Å²) in [6.07, 6.45) is -2.00. The molecule has 248 valence electrons. The van der Waals surface area contributed by atoms with E-state index in [-0.39, 0.29) is 52.6 Å². The highest BCUT2D eigenvalue weighted by atomic mass is 35.5. The Morgan fingerprint density at radius 2 is 1.74 bits per heavy atom. The van der Waals surface area contributed by atoms with Gasteiger partial charge in [0.05, 0.1) is 28.9 Å². The molecule has 1 atom stereocenters. The number of nitrogens with one attached hydrogen (secondary N) is 1. The van der Waals surface area contributed by atoms with Crippen LogP contribution in [0.1, 0.15) is 55.2 Å². The number of nitriles is 1. The zero-order chi connectivity index (χ0) is 34.1. The summed E-state index contributed by atoms with van der Waals surface area (Å²) in [5.74, 6) is -4.58. The van der Waals surface area contributed by atoms with Crippen LogP contribution in [-0.4, -0.2) is 60.9 Å². The number of alkyl halides is 3. The van der Waals surface area contributed by atoms with Gasteiger partial charge >= 0.3 is 12.1 Å². The maximum absolute atomic E-state index is 15.7. The van der Waals surface area contributed by atoms with E-state index >= 15 is 8.78 Å². The third-order valence-electron chi connectivity index (χ3n) is 7.61. The largest absolute Gasteiger partial charge is 0.490 e. The molecular formula is C33H34ClF5N2O5. The fourth-order valence-electron chi connectivity index (χ4n) is 5.09. The minimum atomic E-state index is -5.08. The quantitative estimate of drug-likeness (QED) is 0.154. The Morgan fingerprint density at radius 1 is 1.11 bits per heavy atom. The molecule has 0 saturated heterocycles. The molecule has 46 heavy (non-hydrogen) atoms. The summed E-state index contributed by atoms with van der Waals surface area (Å²) in [7, 11) is 1.51. The van der Waals surface area contributed by atoms with E-state index < -0.39 is 29.4 Å². The number of halogens is 6. The molecule has 4 rings (SSSR count). The Kier molecular flexibility index (Phi) is 12.9. The van der Waals surface area contributed by atoms with E-state index in [1.54, 1.807) is 6.07 Å². The van der Waals surface area contributed by atoms with Crippen LogP contribution in [0.15, 0.2) is 54.6 Å². The summed E-state index contributed by atoms with van der Waals surface area (Å²) in [5.41, 5.74) is 0.921. The highest BCUT2D eigenvalue weighted by molar-refractivity contribution is 6.33. The summed E-state index contributed by atoms with van der Waals surface area (Å²) >= 11 is 6.40. The number of carbonyl (C=O) groups is 1. The zero-order valence-electron chi connectivity index (χ0n) is 25.1. The fraction of sp³-hybridized carbons (Fsp3) is 0.394. The second-order valence-corrected chi connectivity index (χ2v) is 11.4. The van der Waals surface area contributed by atoms with Gasteiger partial charge in [-0.05, 0) is 68.0 Å². The third-order valence-corrected chi connectivity index (χ3v) is 8.00. The molecule has 1 saturated carbocycles. The Balaban J connectivity index is 0.000000738. The number of benzene rings is 3. The van der Waals surface area contributed by atoms with Crippen LogP contribution in [0.2, 0.25) is 5.02 Å². The predicted molar refractivity (Wildman–Crippen MR) is 162 cm³/mol. The molecule has 1 aliphatic rings. The van der Waals surface area contributed by atoms with Gasteiger partial charge < -0.3 is 25.0 Å². The van der Waals surface area contributed by atoms with E-state index in [0.717, 1.165) is 18.4 Å². The summed E-state index contributed by atoms with van der Waals surface area (Å²) in [4.78, 5) is 8.90. The molecule has 0 aliphatic heterocycles. The van der Waals surface area contributed by atoms with Crippen molar-refractivity contribution >= 4 is 17.6 Å². The molecule has 3 aromatic carbocycles. The summed E-state index contributed by atoms with van der Waals surface area (Å²) in [6.45, 7) is 2.73. The van der Waals surface area contributed by atoms with Gasteiger partial charge in [0.2, 0.25) is 0 Å². The van der Waals surface area contributed by atoms with Crippen LogP contribution in [0.3, 0.4) is 0 Å². The van der Waals surface area contributed by atoms with E-state index in [0.29, 0.717) is 24.9 Å². The Hall–Kier alpha value is -3.76. The predicted octanol–water partition coefficient (Wildman–Crippen LogP) is 7.23. The van der Waals surface area contributed by atoms with Crippen LogP contribution in [0.25, 0.3) is 11.1 Å². The molecular weight excluding hydrogens is 635 g/mol. The molecule has 0 spiro atoms. The van der Waals surface area contributed by atoms with Crippen molar-refractivity contribution in [3.8, 4) is 22.9 Å². The molecule has 1 fully saturated rings. The molecule has 0 amide bonds. The smallest absolute Gasteiger partial charge is 0.488 e. The van der Waals surface area contributed by atoms with Gasteiger partial charge in [0.1, 0.15) is 12.4 Å². The first-order valence-electron chi connectivity index (χ1n) is 14.3. The number of ether oxygens (including phenoxy) is 2. The van der Waals surface area contributed by atoms with E-state index in [1.807, 2.05) is 43.3 Å². The maximum atomic E-state index is 15.7. The van der Waals surface area contributed by atoms with E-state index in [2.05, 4.69) is 5.32 Å². The number of hydrogen-bond donors (Lipinski definition) is 3. The number of nitrogens with zero attached hydrogens (tertiary/aromatic N) is 1. The number of hydrogen-bond acceptors (Lipinski definition) is 6. The molecule has 0 bridgehead atoms. The lowest BCUT2D eigenvalue weighted by atomic mass is 9.83. The van der Waals surface area contributed by atoms with Crippen LogP contribution in [-0.2, 0) is 9.53 Å². The Morgan fingerprint density at radius 3 is 2.30 bits per heavy atom. The van der Waals surface area contributed by atoms with Crippen molar-refractivity contribution in [3.63, 3.8) is 0 Å². The summed E-state index contributed by atoms with van der Waals surface area (Å²) in [5, 5.41) is 30.5. The summed E-state index contributed by atoms with van der Waals surface area (Å²) in [6, 6.07) is 17.8. The Labute approximate surface area is 268 Å². The van der Waals surface area contributed by atoms with Gasteiger partial charge in [-0.3, -0.25) is 0 Å². The molecule has 3 aromatic rings. The van der Waals surface area contributed by atoms with E-state index in [9.17, 15) is 23.5 Å². The molecule has 3 N–H and O–H groups in total. The van der Waals surface area contributed by atoms with Crippen LogP contribution in [0, 0.1) is 23.0 Å². The second-order valence-electron chi connectivity index (χ2n) is 11.1.